The van der Waals surface area contributed by atoms with Gasteiger partial charge in [-0.2, -0.15) is 0 Å². The van der Waals surface area contributed by atoms with Crippen LogP contribution < -0.4 is 19.5 Å². The van der Waals surface area contributed by atoms with E-state index in [4.69, 9.17) is 18.6 Å². The summed E-state index contributed by atoms with van der Waals surface area (Å²) < 4.78 is 21.9. The Morgan fingerprint density at radius 3 is 2.86 bits per heavy atom. The number of furan rings is 1. The van der Waals surface area contributed by atoms with Gasteiger partial charge < -0.3 is 23.9 Å². The molecule has 2 aliphatic rings. The fourth-order valence-corrected chi connectivity index (χ4v) is 3.85. The molecule has 0 saturated heterocycles. The first-order chi connectivity index (χ1) is 13.8. The average molecular weight is 379 g/mol. The van der Waals surface area contributed by atoms with Gasteiger partial charge >= 0.3 is 0 Å². The van der Waals surface area contributed by atoms with E-state index in [1.165, 1.54) is 17.5 Å². The van der Waals surface area contributed by atoms with Gasteiger partial charge in [0.05, 0.1) is 19.2 Å². The van der Waals surface area contributed by atoms with E-state index in [1.807, 2.05) is 12.1 Å². The zero-order valence-corrected chi connectivity index (χ0v) is 15.5. The number of rotatable bonds is 6. The molecule has 6 heteroatoms. The van der Waals surface area contributed by atoms with Gasteiger partial charge in [0.25, 0.3) is 0 Å². The first kappa shape index (κ1) is 17.0. The molecule has 1 amide bonds. The number of amides is 1. The molecule has 1 N–H and O–H groups in total. The van der Waals surface area contributed by atoms with Crippen molar-refractivity contribution in [1.29, 1.82) is 0 Å². The van der Waals surface area contributed by atoms with Crippen molar-refractivity contribution in [3.8, 4) is 17.2 Å². The molecule has 3 aromatic rings. The molecule has 0 bridgehead atoms. The van der Waals surface area contributed by atoms with Gasteiger partial charge in [-0.1, -0.05) is 0 Å². The van der Waals surface area contributed by atoms with Crippen LogP contribution in [0.3, 0.4) is 0 Å². The molecular formula is C22H21NO5. The van der Waals surface area contributed by atoms with Gasteiger partial charge in [0.1, 0.15) is 17.9 Å². The Morgan fingerprint density at radius 2 is 1.93 bits per heavy atom. The molecule has 0 spiro atoms. The second kappa shape index (κ2) is 7.11. The van der Waals surface area contributed by atoms with Crippen LogP contribution in [0.1, 0.15) is 23.1 Å². The summed E-state index contributed by atoms with van der Waals surface area (Å²) >= 11 is 0. The minimum Gasteiger partial charge on any atom is -0.492 e. The van der Waals surface area contributed by atoms with Crippen molar-refractivity contribution in [1.82, 2.24) is 5.32 Å². The summed E-state index contributed by atoms with van der Waals surface area (Å²) in [5.41, 5.74) is 4.56. The predicted molar refractivity (Wildman–Crippen MR) is 103 cm³/mol. The van der Waals surface area contributed by atoms with Crippen molar-refractivity contribution >= 4 is 16.9 Å². The quantitative estimate of drug-likeness (QED) is 0.665. The molecule has 2 aromatic carbocycles. The van der Waals surface area contributed by atoms with Crippen LogP contribution in [0.25, 0.3) is 11.0 Å². The van der Waals surface area contributed by atoms with Crippen molar-refractivity contribution in [3.05, 3.63) is 53.3 Å². The molecular weight excluding hydrogens is 358 g/mol. The Kier molecular flexibility index (Phi) is 4.31. The predicted octanol–water partition coefficient (Wildman–Crippen LogP) is 3.39. The molecule has 0 atom stereocenters. The number of aryl methyl sites for hydroxylation is 2. The van der Waals surface area contributed by atoms with E-state index < -0.39 is 0 Å². The van der Waals surface area contributed by atoms with E-state index in [0.717, 1.165) is 35.1 Å². The van der Waals surface area contributed by atoms with Gasteiger partial charge in [-0.3, -0.25) is 4.79 Å². The van der Waals surface area contributed by atoms with E-state index in [0.29, 0.717) is 31.1 Å². The highest BCUT2D eigenvalue weighted by Crippen LogP contribution is 2.35. The fraction of sp³-hybridized carbons (Fsp3) is 0.318. The lowest BCUT2D eigenvalue weighted by Gasteiger charge is -2.08. The van der Waals surface area contributed by atoms with Crippen LogP contribution in [0.15, 0.2) is 41.0 Å². The first-order valence-corrected chi connectivity index (χ1v) is 9.57. The Balaban J connectivity index is 1.14. The molecule has 0 unspecified atom stereocenters. The van der Waals surface area contributed by atoms with Gasteiger partial charge in [-0.15, -0.1) is 0 Å². The zero-order valence-electron chi connectivity index (χ0n) is 15.5. The van der Waals surface area contributed by atoms with Crippen molar-refractivity contribution in [2.75, 3.05) is 19.9 Å². The maximum absolute atomic E-state index is 12.3. The van der Waals surface area contributed by atoms with Crippen LogP contribution in [-0.4, -0.2) is 25.9 Å². The summed E-state index contributed by atoms with van der Waals surface area (Å²) in [6.45, 7) is 1.05. The molecule has 0 radical (unpaired) electrons. The van der Waals surface area contributed by atoms with Gasteiger partial charge in [0, 0.05) is 17.0 Å². The van der Waals surface area contributed by atoms with Gasteiger partial charge in [0.2, 0.25) is 12.7 Å². The standard InChI is InChI=1S/C22H21NO5/c24-22(23-6-7-25-17-4-5-19-21(11-17)28-13-27-19)10-16-12-26-20-9-15-3-1-2-14(15)8-18(16)20/h4-5,8-9,11-12H,1-3,6-7,10,13H2,(H,23,24). The summed E-state index contributed by atoms with van der Waals surface area (Å²) in [6.07, 6.45) is 5.42. The Bertz CT molecular complexity index is 1040. The lowest BCUT2D eigenvalue weighted by atomic mass is 10.0. The molecule has 144 valence electrons. The van der Waals surface area contributed by atoms with Gasteiger partial charge in [-0.25, -0.2) is 0 Å². The summed E-state index contributed by atoms with van der Waals surface area (Å²) in [4.78, 5) is 12.3. The van der Waals surface area contributed by atoms with Gasteiger partial charge in [-0.05, 0) is 54.7 Å². The normalized spacial score (nSPS) is 14.3. The molecule has 5 rings (SSSR count). The first-order valence-electron chi connectivity index (χ1n) is 9.57. The number of carbonyl (C=O) groups excluding carboxylic acids is 1. The van der Waals surface area contributed by atoms with E-state index in [2.05, 4.69) is 17.4 Å². The molecule has 1 aliphatic carbocycles. The maximum Gasteiger partial charge on any atom is 0.231 e. The highest BCUT2D eigenvalue weighted by molar-refractivity contribution is 5.88. The molecule has 2 heterocycles. The summed E-state index contributed by atoms with van der Waals surface area (Å²) in [6, 6.07) is 9.74. The largest absolute Gasteiger partial charge is 0.492 e. The average Bonchev–Trinajstić information content (AvgIpc) is 3.43. The van der Waals surface area contributed by atoms with E-state index in [-0.39, 0.29) is 12.7 Å². The second-order valence-electron chi connectivity index (χ2n) is 7.12. The van der Waals surface area contributed by atoms with Crippen molar-refractivity contribution in [3.63, 3.8) is 0 Å². The van der Waals surface area contributed by atoms with Crippen LogP contribution in [0.2, 0.25) is 0 Å². The Labute approximate surface area is 162 Å². The minimum atomic E-state index is -0.0440. The van der Waals surface area contributed by atoms with E-state index >= 15 is 0 Å². The van der Waals surface area contributed by atoms with Gasteiger partial charge in [0.15, 0.2) is 11.5 Å². The number of benzene rings is 2. The van der Waals surface area contributed by atoms with Crippen LogP contribution in [0.4, 0.5) is 0 Å². The number of hydrogen-bond acceptors (Lipinski definition) is 5. The second-order valence-corrected chi connectivity index (χ2v) is 7.12. The zero-order chi connectivity index (χ0) is 18.9. The molecule has 1 aromatic heterocycles. The van der Waals surface area contributed by atoms with E-state index in [9.17, 15) is 4.79 Å². The third kappa shape index (κ3) is 3.26. The Morgan fingerprint density at radius 1 is 1.07 bits per heavy atom. The SMILES string of the molecule is O=C(Cc1coc2cc3c(cc12)CCC3)NCCOc1ccc2c(c1)OCO2. The number of ether oxygens (including phenoxy) is 3. The minimum absolute atomic E-state index is 0.0440. The third-order valence-corrected chi connectivity index (χ3v) is 5.26. The summed E-state index contributed by atoms with van der Waals surface area (Å²) in [5, 5.41) is 3.95. The van der Waals surface area contributed by atoms with E-state index in [1.54, 1.807) is 12.3 Å². The lowest BCUT2D eigenvalue weighted by molar-refractivity contribution is -0.120. The fourth-order valence-electron chi connectivity index (χ4n) is 3.85. The number of carbonyl (C=O) groups is 1. The van der Waals surface area contributed by atoms with Crippen molar-refractivity contribution < 1.29 is 23.4 Å². The molecule has 0 saturated carbocycles. The monoisotopic (exact) mass is 379 g/mol. The highest BCUT2D eigenvalue weighted by atomic mass is 16.7. The van der Waals surface area contributed by atoms with Crippen LogP contribution >= 0.6 is 0 Å². The Hall–Kier alpha value is -3.15. The van der Waals surface area contributed by atoms with Crippen LogP contribution in [-0.2, 0) is 24.1 Å². The summed E-state index contributed by atoms with van der Waals surface area (Å²) in [5.74, 6) is 2.05. The van der Waals surface area contributed by atoms with Crippen LogP contribution in [0.5, 0.6) is 17.2 Å². The molecule has 0 fully saturated rings. The van der Waals surface area contributed by atoms with Crippen molar-refractivity contribution in [2.45, 2.75) is 25.7 Å². The number of hydrogen-bond donors (Lipinski definition) is 1. The summed E-state index contributed by atoms with van der Waals surface area (Å²) in [7, 11) is 0. The molecule has 28 heavy (non-hydrogen) atoms. The number of fused-ring (bicyclic) bond motifs is 3. The molecule has 6 nitrogen and oxygen atoms in total. The lowest BCUT2D eigenvalue weighted by Crippen LogP contribution is -2.29. The topological polar surface area (TPSA) is 69.9 Å². The highest BCUT2D eigenvalue weighted by Gasteiger charge is 2.17. The molecule has 1 aliphatic heterocycles. The van der Waals surface area contributed by atoms with Crippen LogP contribution in [0, 0.1) is 0 Å². The smallest absolute Gasteiger partial charge is 0.231 e. The third-order valence-electron chi connectivity index (χ3n) is 5.26. The maximum atomic E-state index is 12.3. The number of nitrogens with one attached hydrogen (secondary N) is 1. The van der Waals surface area contributed by atoms with Crippen molar-refractivity contribution in [2.24, 2.45) is 0 Å².